The quantitative estimate of drug-likeness (QED) is 0.301. The Morgan fingerprint density at radius 1 is 0.977 bits per heavy atom. The third-order valence-corrected chi connectivity index (χ3v) is 7.27. The zero-order chi connectivity index (χ0) is 32.9. The second-order valence-electron chi connectivity index (χ2n) is 13.5. The van der Waals surface area contributed by atoms with Crippen LogP contribution in [0.5, 0.6) is 0 Å². The molecule has 43 heavy (non-hydrogen) atoms. The van der Waals surface area contributed by atoms with Crippen LogP contribution in [0.2, 0.25) is 0 Å². The van der Waals surface area contributed by atoms with E-state index in [1.165, 1.54) is 10.8 Å². The van der Waals surface area contributed by atoms with Crippen molar-refractivity contribution < 1.29 is 33.2 Å². The Morgan fingerprint density at radius 3 is 2.00 bits per heavy atom. The molecule has 1 aliphatic rings. The van der Waals surface area contributed by atoms with Gasteiger partial charge in [-0.05, 0) is 101 Å². The first-order valence-corrected chi connectivity index (χ1v) is 14.1. The largest absolute Gasteiger partial charge is 0.513 e. The van der Waals surface area contributed by atoms with Crippen LogP contribution in [0.25, 0.3) is 11.0 Å². The van der Waals surface area contributed by atoms with Crippen LogP contribution in [-0.4, -0.2) is 69.9 Å². The minimum atomic E-state index is -0.946. The van der Waals surface area contributed by atoms with E-state index in [1.807, 2.05) is 27.7 Å². The number of nitrogens with zero attached hydrogens (tertiary/aromatic N) is 4. The summed E-state index contributed by atoms with van der Waals surface area (Å²) < 4.78 is 25.0. The number of anilines is 1. The zero-order valence-electron chi connectivity index (χ0n) is 27.5. The van der Waals surface area contributed by atoms with Crippen LogP contribution in [-0.2, 0) is 23.6 Å². The molecule has 3 rings (SSSR count). The van der Waals surface area contributed by atoms with E-state index in [-0.39, 0.29) is 17.0 Å². The van der Waals surface area contributed by atoms with Crippen molar-refractivity contribution in [2.45, 2.75) is 105 Å². The molecule has 0 radical (unpaired) electrons. The topological polar surface area (TPSA) is 148 Å². The number of nitrogens with two attached hydrogens (primary N) is 1. The van der Waals surface area contributed by atoms with Crippen molar-refractivity contribution in [2.24, 2.45) is 10.7 Å². The van der Waals surface area contributed by atoms with Gasteiger partial charge >= 0.3 is 19.3 Å². The molecule has 0 bridgehead atoms. The molecular weight excluding hydrogens is 553 g/mol. The number of hydrogen-bond acceptors (Lipinski definition) is 10. The average Bonchev–Trinajstić information content (AvgIpc) is 3.33. The smallest absolute Gasteiger partial charge is 0.443 e. The van der Waals surface area contributed by atoms with E-state index >= 15 is 0 Å². The Kier molecular flexibility index (Phi) is 8.97. The lowest BCUT2D eigenvalue weighted by atomic mass is 9.84. The monoisotopic (exact) mass is 597 g/mol. The predicted octanol–water partition coefficient (Wildman–Crippen LogP) is 4.71. The average molecular weight is 598 g/mol. The number of ether oxygens (including phenoxy) is 2. The highest BCUT2D eigenvalue weighted by Gasteiger charge is 2.53. The number of imide groups is 1. The minimum Gasteiger partial charge on any atom is -0.443 e. The van der Waals surface area contributed by atoms with Gasteiger partial charge in [-0.3, -0.25) is 9.79 Å². The van der Waals surface area contributed by atoms with Gasteiger partial charge in [-0.1, -0.05) is 0 Å². The van der Waals surface area contributed by atoms with Crippen molar-refractivity contribution in [2.75, 3.05) is 11.9 Å². The summed E-state index contributed by atoms with van der Waals surface area (Å²) in [5.41, 5.74) is 4.54. The van der Waals surface area contributed by atoms with Crippen molar-refractivity contribution >= 4 is 53.2 Å². The zero-order valence-corrected chi connectivity index (χ0v) is 27.5. The molecule has 3 heterocycles. The normalized spacial score (nSPS) is 17.5. The lowest BCUT2D eigenvalue weighted by Crippen LogP contribution is -2.43. The van der Waals surface area contributed by atoms with Crippen molar-refractivity contribution in [3.05, 3.63) is 29.6 Å². The van der Waals surface area contributed by atoms with Gasteiger partial charge in [0.1, 0.15) is 22.5 Å². The predicted molar refractivity (Wildman–Crippen MR) is 167 cm³/mol. The highest BCUT2D eigenvalue weighted by molar-refractivity contribution is 6.62. The first-order chi connectivity index (χ1) is 19.5. The summed E-state index contributed by atoms with van der Waals surface area (Å²) in [7, 11) is 0.642. The summed E-state index contributed by atoms with van der Waals surface area (Å²) in [6.45, 7) is 21.3. The van der Waals surface area contributed by atoms with Gasteiger partial charge in [0.25, 0.3) is 5.91 Å². The Hall–Kier alpha value is -3.71. The second kappa shape index (κ2) is 11.4. The summed E-state index contributed by atoms with van der Waals surface area (Å²) in [6, 6.07) is 3.21. The lowest BCUT2D eigenvalue weighted by molar-refractivity contribution is -0.115. The van der Waals surface area contributed by atoms with Crippen molar-refractivity contribution in [1.29, 1.82) is 0 Å². The van der Waals surface area contributed by atoms with Crippen molar-refractivity contribution in [3.63, 3.8) is 0 Å². The molecule has 2 amide bonds. The summed E-state index contributed by atoms with van der Waals surface area (Å²) in [5.74, 6) is -0.811. The summed E-state index contributed by atoms with van der Waals surface area (Å²) in [6.07, 6.45) is -0.342. The minimum absolute atomic E-state index is 0.0791. The molecule has 0 aromatic carbocycles. The fourth-order valence-electron chi connectivity index (χ4n) is 4.12. The number of carbonyl (C=O) groups excluding carboxylic acids is 3. The molecule has 0 atom stereocenters. The van der Waals surface area contributed by atoms with Gasteiger partial charge in [-0.15, -0.1) is 0 Å². The van der Waals surface area contributed by atoms with Crippen LogP contribution in [0, 0.1) is 0 Å². The number of rotatable bonds is 4. The Bertz CT molecular complexity index is 1490. The fourth-order valence-corrected chi connectivity index (χ4v) is 4.12. The molecule has 12 nitrogen and oxygen atoms in total. The Morgan fingerprint density at radius 2 is 1.51 bits per heavy atom. The number of pyridine rings is 1. The van der Waals surface area contributed by atoms with Crippen LogP contribution in [0.15, 0.2) is 34.6 Å². The van der Waals surface area contributed by atoms with Crippen molar-refractivity contribution in [3.8, 4) is 0 Å². The van der Waals surface area contributed by atoms with Gasteiger partial charge in [0, 0.05) is 18.1 Å². The van der Waals surface area contributed by atoms with E-state index in [4.69, 9.17) is 24.5 Å². The molecule has 0 unspecified atom stereocenters. The number of hydrogen-bond donors (Lipinski definition) is 1. The molecule has 1 fully saturated rings. The van der Waals surface area contributed by atoms with Crippen LogP contribution in [0.1, 0.15) is 83.1 Å². The van der Waals surface area contributed by atoms with E-state index in [9.17, 15) is 14.4 Å². The highest BCUT2D eigenvalue weighted by atomic mass is 16.7. The molecular formula is C30H44BN5O7. The third kappa shape index (κ3) is 7.10. The number of amides is 2. The SMILES string of the molecule is CN=C(C)C(C)=C(N)C(=O)N(C(=O)OC(C)(C)C)c1cnc2c(c1)cc(B1OC(C)(C)C(C)(C)O1)n2C(=O)OC(C)(C)C. The maximum Gasteiger partial charge on any atom is 0.513 e. The number of aromatic nitrogens is 2. The molecule has 0 spiro atoms. The lowest BCUT2D eigenvalue weighted by Gasteiger charge is -2.32. The van der Waals surface area contributed by atoms with Gasteiger partial charge in [0.2, 0.25) is 0 Å². The molecule has 2 aromatic rings. The Balaban J connectivity index is 2.25. The molecule has 0 saturated carbocycles. The maximum absolute atomic E-state index is 13.7. The standard InChI is InChI=1S/C30H44BN5O7/c1-17(18(2)33-13)22(32)24(37)35(25(38)40-27(3,4)5)20-14-19-15-21(31-42-29(9,10)30(11,12)43-31)36(23(19)34-16-20)26(39)41-28(6,7)8/h14-16H,32H2,1-13H3. The highest BCUT2D eigenvalue weighted by Crippen LogP contribution is 2.37. The van der Waals surface area contributed by atoms with Crippen molar-refractivity contribution in [1.82, 2.24) is 9.55 Å². The van der Waals surface area contributed by atoms with E-state index in [0.717, 1.165) is 4.90 Å². The first kappa shape index (κ1) is 33.8. The molecule has 1 saturated heterocycles. The van der Waals surface area contributed by atoms with Gasteiger partial charge in [0.15, 0.2) is 0 Å². The van der Waals surface area contributed by atoms with E-state index in [2.05, 4.69) is 9.98 Å². The molecule has 234 valence electrons. The summed E-state index contributed by atoms with van der Waals surface area (Å²) in [5, 5.41) is 0.417. The van der Waals surface area contributed by atoms with Gasteiger partial charge in [-0.25, -0.2) is 24.0 Å². The van der Waals surface area contributed by atoms with E-state index < -0.39 is 47.6 Å². The molecule has 2 aromatic heterocycles. The second-order valence-corrected chi connectivity index (χ2v) is 13.5. The van der Waals surface area contributed by atoms with Gasteiger partial charge in [-0.2, -0.15) is 0 Å². The molecule has 2 N–H and O–H groups in total. The number of aliphatic imine (C=N–C) groups is 1. The van der Waals surface area contributed by atoms with Gasteiger partial charge in [0.05, 0.1) is 28.7 Å². The Labute approximate surface area is 253 Å². The van der Waals surface area contributed by atoms with Crippen LogP contribution < -0.4 is 16.2 Å². The number of carbonyl (C=O) groups is 3. The van der Waals surface area contributed by atoms with E-state index in [1.54, 1.807) is 74.6 Å². The van der Waals surface area contributed by atoms with Crippen LogP contribution >= 0.6 is 0 Å². The summed E-state index contributed by atoms with van der Waals surface area (Å²) in [4.78, 5) is 50.0. The number of fused-ring (bicyclic) bond motifs is 1. The van der Waals surface area contributed by atoms with Crippen LogP contribution in [0.3, 0.4) is 0 Å². The third-order valence-electron chi connectivity index (χ3n) is 7.27. The fraction of sp³-hybridized carbons (Fsp3) is 0.567. The van der Waals surface area contributed by atoms with E-state index in [0.29, 0.717) is 22.3 Å². The molecule has 0 aliphatic carbocycles. The summed E-state index contributed by atoms with van der Waals surface area (Å²) >= 11 is 0. The molecule has 1 aliphatic heterocycles. The van der Waals surface area contributed by atoms with Crippen LogP contribution in [0.4, 0.5) is 15.3 Å². The van der Waals surface area contributed by atoms with Gasteiger partial charge < -0.3 is 24.5 Å². The maximum atomic E-state index is 13.7. The first-order valence-electron chi connectivity index (χ1n) is 14.1. The molecule has 13 heteroatoms. The number of allylic oxidation sites excluding steroid dienone is 1.